The molecule has 3 aromatic rings. The second kappa shape index (κ2) is 7.33. The van der Waals surface area contributed by atoms with Crippen molar-refractivity contribution in [1.29, 1.82) is 0 Å². The van der Waals surface area contributed by atoms with E-state index < -0.39 is 9.53 Å². The first kappa shape index (κ1) is 14.2. The van der Waals surface area contributed by atoms with E-state index in [0.29, 0.717) is 0 Å². The van der Waals surface area contributed by atoms with Crippen LogP contribution >= 0.6 is 0 Å². The van der Waals surface area contributed by atoms with Gasteiger partial charge in [-0.1, -0.05) is 54.6 Å². The maximum atomic E-state index is 5.92. The normalized spacial score (nSPS) is 10.2. The van der Waals surface area contributed by atoms with Gasteiger partial charge in [0.15, 0.2) is 0 Å². The summed E-state index contributed by atoms with van der Waals surface area (Å²) >= 11 is 0. The molecule has 0 fully saturated rings. The average molecular weight is 308 g/mol. The molecule has 0 spiro atoms. The highest BCUT2D eigenvalue weighted by atomic mass is 28.3. The molecule has 0 unspecified atom stereocenters. The predicted octanol–water partition coefficient (Wildman–Crippen LogP) is 3.94. The molecular weight excluding hydrogens is 292 g/mol. The molecule has 3 aromatic carbocycles. The Morgan fingerprint density at radius 3 is 0.955 bits per heavy atom. The summed E-state index contributed by atoms with van der Waals surface area (Å²) < 4.78 is 17.8. The molecule has 0 aliphatic heterocycles. The topological polar surface area (TPSA) is 27.7 Å². The smallest absolute Gasteiger partial charge is 0.486 e. The van der Waals surface area contributed by atoms with Gasteiger partial charge in [0, 0.05) is 0 Å². The van der Waals surface area contributed by atoms with Crippen LogP contribution in [0.1, 0.15) is 0 Å². The summed E-state index contributed by atoms with van der Waals surface area (Å²) in [5, 5.41) is 0. The summed E-state index contributed by atoms with van der Waals surface area (Å²) in [5.41, 5.74) is 0. The number of para-hydroxylation sites is 3. The summed E-state index contributed by atoms with van der Waals surface area (Å²) in [5.74, 6) is 2.23. The van der Waals surface area contributed by atoms with E-state index in [-0.39, 0.29) is 0 Å². The molecule has 110 valence electrons. The maximum absolute atomic E-state index is 5.92. The second-order valence-electron chi connectivity index (χ2n) is 4.58. The van der Waals surface area contributed by atoms with Crippen molar-refractivity contribution in [3.8, 4) is 17.2 Å². The van der Waals surface area contributed by atoms with Crippen LogP contribution in [0.2, 0.25) is 0 Å². The highest BCUT2D eigenvalue weighted by Crippen LogP contribution is 2.17. The van der Waals surface area contributed by atoms with Gasteiger partial charge in [-0.15, -0.1) is 0 Å². The molecule has 3 rings (SSSR count). The zero-order valence-electron chi connectivity index (χ0n) is 12.0. The SMILES string of the molecule is c1ccc(O[SiH](Oc2ccccc2)Oc2ccccc2)cc1. The van der Waals surface area contributed by atoms with Crippen molar-refractivity contribution in [1.82, 2.24) is 0 Å². The fraction of sp³-hybridized carbons (Fsp3) is 0. The summed E-state index contributed by atoms with van der Waals surface area (Å²) in [4.78, 5) is 0. The first-order valence-electron chi connectivity index (χ1n) is 7.05. The summed E-state index contributed by atoms with van der Waals surface area (Å²) in [6, 6.07) is 28.7. The molecule has 0 saturated carbocycles. The van der Waals surface area contributed by atoms with Gasteiger partial charge < -0.3 is 13.3 Å². The Kier molecular flexibility index (Phi) is 4.74. The van der Waals surface area contributed by atoms with Gasteiger partial charge in [0.25, 0.3) is 0 Å². The van der Waals surface area contributed by atoms with Gasteiger partial charge in [-0.2, -0.15) is 0 Å². The molecule has 0 radical (unpaired) electrons. The van der Waals surface area contributed by atoms with Crippen molar-refractivity contribution in [3.05, 3.63) is 91.0 Å². The van der Waals surface area contributed by atoms with Gasteiger partial charge in [0.1, 0.15) is 17.2 Å². The van der Waals surface area contributed by atoms with Crippen LogP contribution in [0.15, 0.2) is 91.0 Å². The number of rotatable bonds is 6. The van der Waals surface area contributed by atoms with Crippen LogP contribution in [0.25, 0.3) is 0 Å². The third-order valence-electron chi connectivity index (χ3n) is 2.93. The summed E-state index contributed by atoms with van der Waals surface area (Å²) in [7, 11) is -2.41. The Morgan fingerprint density at radius 1 is 0.409 bits per heavy atom. The van der Waals surface area contributed by atoms with Crippen LogP contribution in [0.4, 0.5) is 0 Å². The Morgan fingerprint density at radius 2 is 0.682 bits per heavy atom. The largest absolute Gasteiger partial charge is 0.683 e. The summed E-state index contributed by atoms with van der Waals surface area (Å²) in [6.07, 6.45) is 0. The lowest BCUT2D eigenvalue weighted by atomic mass is 10.3. The van der Waals surface area contributed by atoms with Crippen molar-refractivity contribution >= 4 is 9.53 Å². The minimum atomic E-state index is -2.41. The minimum absolute atomic E-state index is 0.742. The molecule has 0 atom stereocenters. The van der Waals surface area contributed by atoms with E-state index >= 15 is 0 Å². The van der Waals surface area contributed by atoms with Crippen molar-refractivity contribution in [3.63, 3.8) is 0 Å². The fourth-order valence-corrected chi connectivity index (χ4v) is 3.19. The molecule has 0 saturated heterocycles. The van der Waals surface area contributed by atoms with Crippen LogP contribution < -0.4 is 13.3 Å². The molecule has 3 nitrogen and oxygen atoms in total. The van der Waals surface area contributed by atoms with Gasteiger partial charge in [-0.3, -0.25) is 0 Å². The zero-order chi connectivity index (χ0) is 15.0. The van der Waals surface area contributed by atoms with E-state index in [1.165, 1.54) is 0 Å². The number of hydrogen-bond acceptors (Lipinski definition) is 3. The maximum Gasteiger partial charge on any atom is 0.683 e. The van der Waals surface area contributed by atoms with Gasteiger partial charge in [-0.25, -0.2) is 0 Å². The number of hydrogen-bond donors (Lipinski definition) is 0. The van der Waals surface area contributed by atoms with Crippen LogP contribution in [0.3, 0.4) is 0 Å². The van der Waals surface area contributed by atoms with Crippen molar-refractivity contribution in [2.45, 2.75) is 0 Å². The quantitative estimate of drug-likeness (QED) is 0.646. The van der Waals surface area contributed by atoms with Crippen molar-refractivity contribution in [2.24, 2.45) is 0 Å². The highest BCUT2D eigenvalue weighted by Gasteiger charge is 2.22. The van der Waals surface area contributed by atoms with Crippen LogP contribution in [0, 0.1) is 0 Å². The first-order valence-corrected chi connectivity index (χ1v) is 8.47. The van der Waals surface area contributed by atoms with E-state index in [1.54, 1.807) is 0 Å². The molecule has 0 aromatic heterocycles. The average Bonchev–Trinajstić information content (AvgIpc) is 2.57. The van der Waals surface area contributed by atoms with Gasteiger partial charge in [0.2, 0.25) is 0 Å². The second-order valence-corrected chi connectivity index (χ2v) is 5.87. The van der Waals surface area contributed by atoms with Gasteiger partial charge in [-0.05, 0) is 36.4 Å². The molecule has 0 aliphatic rings. The van der Waals surface area contributed by atoms with E-state index in [9.17, 15) is 0 Å². The van der Waals surface area contributed by atoms with E-state index in [1.807, 2.05) is 91.0 Å². The first-order chi connectivity index (χ1) is 10.9. The third kappa shape index (κ3) is 4.13. The summed E-state index contributed by atoms with van der Waals surface area (Å²) in [6.45, 7) is 0. The Bertz CT molecular complexity index is 576. The van der Waals surface area contributed by atoms with Crippen LogP contribution in [0.5, 0.6) is 17.2 Å². The molecule has 0 amide bonds. The van der Waals surface area contributed by atoms with Gasteiger partial charge in [0.05, 0.1) is 0 Å². The van der Waals surface area contributed by atoms with Crippen molar-refractivity contribution in [2.75, 3.05) is 0 Å². The lowest BCUT2D eigenvalue weighted by molar-refractivity contribution is 0.307. The van der Waals surface area contributed by atoms with Crippen LogP contribution in [-0.2, 0) is 0 Å². The molecule has 0 N–H and O–H groups in total. The minimum Gasteiger partial charge on any atom is -0.486 e. The van der Waals surface area contributed by atoms with E-state index in [2.05, 4.69) is 0 Å². The molecule has 0 bridgehead atoms. The fourth-order valence-electron chi connectivity index (χ4n) is 1.90. The lowest BCUT2D eigenvalue weighted by Gasteiger charge is -2.19. The Balaban J connectivity index is 1.75. The monoisotopic (exact) mass is 308 g/mol. The predicted molar refractivity (Wildman–Crippen MR) is 88.4 cm³/mol. The Hall–Kier alpha value is -2.72. The lowest BCUT2D eigenvalue weighted by Crippen LogP contribution is -2.36. The standard InChI is InChI=1S/C18H16O3Si/c1-4-10-16(11-5-1)19-22(20-17-12-6-2-7-13-17)21-18-14-8-3-9-15-18/h1-15,22H. The number of benzene rings is 3. The van der Waals surface area contributed by atoms with Crippen molar-refractivity contribution < 1.29 is 13.3 Å². The molecule has 4 heteroatoms. The molecule has 22 heavy (non-hydrogen) atoms. The Labute approximate surface area is 131 Å². The molecular formula is C18H16O3Si. The molecule has 0 heterocycles. The highest BCUT2D eigenvalue weighted by molar-refractivity contribution is 6.39. The zero-order valence-corrected chi connectivity index (χ0v) is 13.1. The van der Waals surface area contributed by atoms with Gasteiger partial charge >= 0.3 is 9.53 Å². The van der Waals surface area contributed by atoms with E-state index in [4.69, 9.17) is 13.3 Å². The third-order valence-corrected chi connectivity index (χ3v) is 4.32. The van der Waals surface area contributed by atoms with Crippen LogP contribution in [-0.4, -0.2) is 9.53 Å². The molecule has 0 aliphatic carbocycles. The van der Waals surface area contributed by atoms with E-state index in [0.717, 1.165) is 17.2 Å².